The predicted molar refractivity (Wildman–Crippen MR) is 85.1 cm³/mol. The van der Waals surface area contributed by atoms with Crippen LogP contribution in [0.5, 0.6) is 0 Å². The molecule has 1 N–H and O–H groups in total. The average Bonchev–Trinajstić information content (AvgIpc) is 2.83. The van der Waals surface area contributed by atoms with E-state index in [4.69, 9.17) is 0 Å². The molecule has 1 aromatic heterocycles. The second-order valence-electron chi connectivity index (χ2n) is 6.70. The second-order valence-corrected chi connectivity index (χ2v) is 6.70. The lowest BCUT2D eigenvalue weighted by Crippen LogP contribution is -2.49. The van der Waals surface area contributed by atoms with Crippen molar-refractivity contribution in [3.05, 3.63) is 23.8 Å². The minimum Gasteiger partial charge on any atom is -0.311 e. The Bertz CT molecular complexity index is 464. The average molecular weight is 288 g/mol. The highest BCUT2D eigenvalue weighted by Crippen LogP contribution is 2.34. The third-order valence-electron chi connectivity index (χ3n) is 5.21. The van der Waals surface area contributed by atoms with Crippen molar-refractivity contribution in [1.82, 2.24) is 20.2 Å². The fraction of sp³-hybridized carbons (Fsp3) is 0.765. The number of nitrogens with zero attached hydrogens (tertiary/aromatic N) is 3. The minimum absolute atomic E-state index is 0.362. The standard InChI is InChI=1S/C17H28N4/c1-4-9-21(13(3)17-12(2)18-7-8-19-17)16-10-14-5-6-15(11-16)20-14/h7-8,13-16,20H,4-6,9-11H2,1-3H3. The number of nitrogens with one attached hydrogen (secondary N) is 1. The highest BCUT2D eigenvalue weighted by Gasteiger charge is 2.37. The van der Waals surface area contributed by atoms with Crippen LogP contribution in [0.15, 0.2) is 12.4 Å². The summed E-state index contributed by atoms with van der Waals surface area (Å²) < 4.78 is 0. The van der Waals surface area contributed by atoms with Crippen molar-refractivity contribution in [3.8, 4) is 0 Å². The van der Waals surface area contributed by atoms with Gasteiger partial charge in [0.25, 0.3) is 0 Å². The third kappa shape index (κ3) is 3.11. The van der Waals surface area contributed by atoms with Gasteiger partial charge in [0.15, 0.2) is 0 Å². The van der Waals surface area contributed by atoms with Crippen molar-refractivity contribution in [3.63, 3.8) is 0 Å². The molecule has 2 aliphatic heterocycles. The van der Waals surface area contributed by atoms with E-state index in [0.717, 1.165) is 30.0 Å². The molecule has 2 fully saturated rings. The normalized spacial score (nSPS) is 29.8. The zero-order valence-electron chi connectivity index (χ0n) is 13.5. The van der Waals surface area contributed by atoms with Gasteiger partial charge in [0, 0.05) is 30.5 Å². The fourth-order valence-corrected chi connectivity index (χ4v) is 4.23. The van der Waals surface area contributed by atoms with Gasteiger partial charge in [0.1, 0.15) is 0 Å². The Hall–Kier alpha value is -1.00. The summed E-state index contributed by atoms with van der Waals surface area (Å²) in [6, 6.07) is 2.53. The molecule has 0 saturated carbocycles. The summed E-state index contributed by atoms with van der Waals surface area (Å²) in [5.41, 5.74) is 2.22. The Balaban J connectivity index is 1.79. The van der Waals surface area contributed by atoms with Gasteiger partial charge in [-0.25, -0.2) is 0 Å². The summed E-state index contributed by atoms with van der Waals surface area (Å²) in [6.45, 7) is 7.81. The summed E-state index contributed by atoms with van der Waals surface area (Å²) in [4.78, 5) is 11.7. The van der Waals surface area contributed by atoms with Gasteiger partial charge in [-0.3, -0.25) is 14.9 Å². The van der Waals surface area contributed by atoms with Crippen molar-refractivity contribution in [2.75, 3.05) is 6.54 Å². The lowest BCUT2D eigenvalue weighted by atomic mass is 9.95. The molecule has 3 rings (SSSR count). The maximum Gasteiger partial charge on any atom is 0.0784 e. The Morgan fingerprint density at radius 3 is 2.52 bits per heavy atom. The Morgan fingerprint density at radius 2 is 1.90 bits per heavy atom. The monoisotopic (exact) mass is 288 g/mol. The van der Waals surface area contributed by atoms with E-state index in [0.29, 0.717) is 12.1 Å². The topological polar surface area (TPSA) is 41.0 Å². The first-order chi connectivity index (χ1) is 10.2. The van der Waals surface area contributed by atoms with E-state index in [1.165, 1.54) is 32.1 Å². The number of piperidine rings is 1. The third-order valence-corrected chi connectivity index (χ3v) is 5.21. The minimum atomic E-state index is 0.362. The van der Waals surface area contributed by atoms with E-state index < -0.39 is 0 Å². The van der Waals surface area contributed by atoms with Crippen LogP contribution in [0.2, 0.25) is 0 Å². The summed E-state index contributed by atoms with van der Waals surface area (Å²) in [6.07, 6.45) is 10.1. The second kappa shape index (κ2) is 6.41. The van der Waals surface area contributed by atoms with Crippen LogP contribution >= 0.6 is 0 Å². The number of aryl methyl sites for hydroxylation is 1. The van der Waals surface area contributed by atoms with Crippen LogP contribution in [-0.4, -0.2) is 39.5 Å². The van der Waals surface area contributed by atoms with E-state index in [9.17, 15) is 0 Å². The first-order valence-corrected chi connectivity index (χ1v) is 8.48. The van der Waals surface area contributed by atoms with Crippen molar-refractivity contribution < 1.29 is 0 Å². The lowest BCUT2D eigenvalue weighted by molar-refractivity contribution is 0.0986. The summed E-state index contributed by atoms with van der Waals surface area (Å²) >= 11 is 0. The van der Waals surface area contributed by atoms with Crippen LogP contribution in [0.3, 0.4) is 0 Å². The van der Waals surface area contributed by atoms with Gasteiger partial charge >= 0.3 is 0 Å². The molecule has 0 amide bonds. The van der Waals surface area contributed by atoms with Gasteiger partial charge in [-0.05, 0) is 52.5 Å². The molecule has 3 unspecified atom stereocenters. The van der Waals surface area contributed by atoms with Crippen LogP contribution in [0.25, 0.3) is 0 Å². The van der Waals surface area contributed by atoms with E-state index >= 15 is 0 Å². The van der Waals surface area contributed by atoms with Gasteiger partial charge < -0.3 is 5.32 Å². The molecule has 21 heavy (non-hydrogen) atoms. The summed E-state index contributed by atoms with van der Waals surface area (Å²) in [7, 11) is 0. The Morgan fingerprint density at radius 1 is 1.24 bits per heavy atom. The maximum absolute atomic E-state index is 4.61. The number of hydrogen-bond donors (Lipinski definition) is 1. The molecule has 3 atom stereocenters. The molecule has 0 radical (unpaired) electrons. The molecule has 3 heterocycles. The number of fused-ring (bicyclic) bond motifs is 2. The molecule has 2 bridgehead atoms. The number of rotatable bonds is 5. The van der Waals surface area contributed by atoms with Crippen molar-refractivity contribution in [2.45, 2.75) is 77.0 Å². The first kappa shape index (κ1) is 14.9. The number of aromatic nitrogens is 2. The molecule has 1 aromatic rings. The fourth-order valence-electron chi connectivity index (χ4n) is 4.23. The van der Waals surface area contributed by atoms with Gasteiger partial charge in [-0.15, -0.1) is 0 Å². The molecule has 4 heteroatoms. The van der Waals surface area contributed by atoms with Gasteiger partial charge in [-0.1, -0.05) is 6.92 Å². The SMILES string of the molecule is CCCN(C1CC2CCC(C1)N2)C(C)c1nccnc1C. The van der Waals surface area contributed by atoms with Crippen molar-refractivity contribution in [1.29, 1.82) is 0 Å². The molecule has 2 aliphatic rings. The predicted octanol–water partition coefficient (Wildman–Crippen LogP) is 2.84. The van der Waals surface area contributed by atoms with Gasteiger partial charge in [-0.2, -0.15) is 0 Å². The van der Waals surface area contributed by atoms with Gasteiger partial charge in [0.2, 0.25) is 0 Å². The smallest absolute Gasteiger partial charge is 0.0784 e. The molecule has 0 spiro atoms. The molecule has 0 aliphatic carbocycles. The highest BCUT2D eigenvalue weighted by molar-refractivity contribution is 5.13. The first-order valence-electron chi connectivity index (χ1n) is 8.48. The Labute approximate surface area is 128 Å². The lowest BCUT2D eigenvalue weighted by Gasteiger charge is -2.41. The molecule has 2 saturated heterocycles. The zero-order chi connectivity index (χ0) is 14.8. The van der Waals surface area contributed by atoms with Crippen molar-refractivity contribution in [2.24, 2.45) is 0 Å². The van der Waals surface area contributed by atoms with Gasteiger partial charge in [0.05, 0.1) is 17.4 Å². The molecule has 4 nitrogen and oxygen atoms in total. The highest BCUT2D eigenvalue weighted by atomic mass is 15.2. The largest absolute Gasteiger partial charge is 0.311 e. The summed E-state index contributed by atoms with van der Waals surface area (Å²) in [5, 5.41) is 3.75. The van der Waals surface area contributed by atoms with Crippen LogP contribution < -0.4 is 5.32 Å². The van der Waals surface area contributed by atoms with Crippen molar-refractivity contribution >= 4 is 0 Å². The Kier molecular flexibility index (Phi) is 4.55. The van der Waals surface area contributed by atoms with E-state index in [1.54, 1.807) is 6.20 Å². The summed E-state index contributed by atoms with van der Waals surface area (Å²) in [5.74, 6) is 0. The molecule has 0 aromatic carbocycles. The van der Waals surface area contributed by atoms with E-state index in [1.807, 2.05) is 6.20 Å². The van der Waals surface area contributed by atoms with Crippen LogP contribution in [0.1, 0.15) is 63.4 Å². The van der Waals surface area contributed by atoms with E-state index in [-0.39, 0.29) is 0 Å². The molecule has 116 valence electrons. The van der Waals surface area contributed by atoms with E-state index in [2.05, 4.69) is 41.0 Å². The molecular weight excluding hydrogens is 260 g/mol. The van der Waals surface area contributed by atoms with Crippen LogP contribution in [0.4, 0.5) is 0 Å². The number of hydrogen-bond acceptors (Lipinski definition) is 4. The van der Waals surface area contributed by atoms with Crippen LogP contribution in [0, 0.1) is 6.92 Å². The molecular formula is C17H28N4. The zero-order valence-corrected chi connectivity index (χ0v) is 13.5. The van der Waals surface area contributed by atoms with Crippen LogP contribution in [-0.2, 0) is 0 Å². The quantitative estimate of drug-likeness (QED) is 0.904. The maximum atomic E-state index is 4.61.